The highest BCUT2D eigenvalue weighted by Gasteiger charge is 2.17. The maximum Gasteiger partial charge on any atom is 0.229 e. The number of sulfone groups is 1. The molecule has 4 nitrogen and oxygen atoms in total. The fourth-order valence-electron chi connectivity index (χ4n) is 1.69. The van der Waals surface area contributed by atoms with Gasteiger partial charge in [-0.1, -0.05) is 17.7 Å². The molecule has 0 spiro atoms. The van der Waals surface area contributed by atoms with Crippen molar-refractivity contribution in [3.05, 3.63) is 46.0 Å². The Kier molecular flexibility index (Phi) is 4.65. The maximum absolute atomic E-state index is 12.9. The van der Waals surface area contributed by atoms with Crippen LogP contribution in [0.5, 0.6) is 0 Å². The number of thiophene rings is 1. The van der Waals surface area contributed by atoms with Crippen molar-refractivity contribution in [2.75, 3.05) is 11.6 Å². The molecule has 0 atom stereocenters. The summed E-state index contributed by atoms with van der Waals surface area (Å²) in [6.07, 6.45) is 1.00. The molecule has 0 aliphatic heterocycles. The predicted molar refractivity (Wildman–Crippen MR) is 81.2 cm³/mol. The molecule has 0 bridgehead atoms. The van der Waals surface area contributed by atoms with E-state index in [0.717, 1.165) is 23.7 Å². The second kappa shape index (κ2) is 6.13. The molecular formula is C13H11ClFNO3S2. The molecule has 1 amide bonds. The number of nitrogens with one attached hydrogen (secondary N) is 1. The standard InChI is InChI=1S/C13H11ClFNO3S2/c1-21(18,19)11-4-5-20-13(11)16-12(17)6-8-2-3-9(15)7-10(8)14/h2-5,7H,6H2,1H3,(H,16,17). The van der Waals surface area contributed by atoms with E-state index in [1.807, 2.05) is 0 Å². The van der Waals surface area contributed by atoms with Gasteiger partial charge in [0, 0.05) is 11.3 Å². The number of halogens is 2. The highest BCUT2D eigenvalue weighted by molar-refractivity contribution is 7.91. The van der Waals surface area contributed by atoms with Crippen LogP contribution in [-0.4, -0.2) is 20.6 Å². The topological polar surface area (TPSA) is 63.2 Å². The molecule has 2 aromatic rings. The Labute approximate surface area is 130 Å². The van der Waals surface area contributed by atoms with E-state index in [9.17, 15) is 17.6 Å². The molecule has 21 heavy (non-hydrogen) atoms. The van der Waals surface area contributed by atoms with Crippen molar-refractivity contribution in [3.63, 3.8) is 0 Å². The van der Waals surface area contributed by atoms with E-state index in [4.69, 9.17) is 11.6 Å². The van der Waals surface area contributed by atoms with Gasteiger partial charge in [-0.2, -0.15) is 0 Å². The summed E-state index contributed by atoms with van der Waals surface area (Å²) in [6.45, 7) is 0. The summed E-state index contributed by atoms with van der Waals surface area (Å²) >= 11 is 6.96. The van der Waals surface area contributed by atoms with Crippen LogP contribution >= 0.6 is 22.9 Å². The van der Waals surface area contributed by atoms with Gasteiger partial charge >= 0.3 is 0 Å². The zero-order valence-electron chi connectivity index (χ0n) is 10.9. The van der Waals surface area contributed by atoms with E-state index in [-0.39, 0.29) is 21.3 Å². The lowest BCUT2D eigenvalue weighted by atomic mass is 10.1. The summed E-state index contributed by atoms with van der Waals surface area (Å²) < 4.78 is 36.0. The first-order valence-corrected chi connectivity index (χ1v) is 8.93. The Balaban J connectivity index is 2.14. The second-order valence-corrected chi connectivity index (χ2v) is 7.65. The minimum absolute atomic E-state index is 0.0692. The van der Waals surface area contributed by atoms with Gasteiger partial charge in [-0.05, 0) is 29.1 Å². The second-order valence-electron chi connectivity index (χ2n) is 4.35. The third-order valence-electron chi connectivity index (χ3n) is 2.65. The molecule has 2 rings (SSSR count). The number of amides is 1. The summed E-state index contributed by atoms with van der Waals surface area (Å²) in [5.41, 5.74) is 0.466. The fraction of sp³-hybridized carbons (Fsp3) is 0.154. The molecule has 0 aliphatic carbocycles. The lowest BCUT2D eigenvalue weighted by molar-refractivity contribution is -0.115. The lowest BCUT2D eigenvalue weighted by Gasteiger charge is -2.07. The van der Waals surface area contributed by atoms with Gasteiger partial charge in [0.05, 0.1) is 6.42 Å². The van der Waals surface area contributed by atoms with Gasteiger partial charge in [0.1, 0.15) is 15.7 Å². The Hall–Kier alpha value is -1.44. The van der Waals surface area contributed by atoms with Gasteiger partial charge in [0.2, 0.25) is 5.91 Å². The SMILES string of the molecule is CS(=O)(=O)c1ccsc1NC(=O)Cc1ccc(F)cc1Cl. The van der Waals surface area contributed by atoms with Gasteiger partial charge in [0.25, 0.3) is 0 Å². The van der Waals surface area contributed by atoms with Crippen molar-refractivity contribution in [2.45, 2.75) is 11.3 Å². The summed E-state index contributed by atoms with van der Waals surface area (Å²) in [7, 11) is -3.40. The molecule has 8 heteroatoms. The lowest BCUT2D eigenvalue weighted by Crippen LogP contribution is -2.15. The Morgan fingerprint density at radius 3 is 2.71 bits per heavy atom. The predicted octanol–water partition coefficient (Wildman–Crippen LogP) is 3.13. The van der Waals surface area contributed by atoms with Crippen LogP contribution in [0, 0.1) is 5.82 Å². The number of hydrogen-bond acceptors (Lipinski definition) is 4. The number of carbonyl (C=O) groups is 1. The molecule has 0 fully saturated rings. The molecular weight excluding hydrogens is 337 g/mol. The molecule has 112 valence electrons. The van der Waals surface area contributed by atoms with E-state index in [1.54, 1.807) is 5.38 Å². The van der Waals surface area contributed by atoms with Crippen molar-refractivity contribution >= 4 is 43.7 Å². The molecule has 1 aromatic carbocycles. The van der Waals surface area contributed by atoms with Crippen LogP contribution in [0.1, 0.15) is 5.56 Å². The monoisotopic (exact) mass is 347 g/mol. The van der Waals surface area contributed by atoms with Crippen LogP contribution in [0.15, 0.2) is 34.5 Å². The zero-order chi connectivity index (χ0) is 15.6. The maximum atomic E-state index is 12.9. The third-order valence-corrected chi connectivity index (χ3v) is 5.10. The quantitative estimate of drug-likeness (QED) is 0.924. The minimum Gasteiger partial charge on any atom is -0.316 e. The van der Waals surface area contributed by atoms with Crippen molar-refractivity contribution in [2.24, 2.45) is 0 Å². The van der Waals surface area contributed by atoms with Gasteiger partial charge in [-0.25, -0.2) is 12.8 Å². The molecule has 0 radical (unpaired) electrons. The Morgan fingerprint density at radius 1 is 1.38 bits per heavy atom. The van der Waals surface area contributed by atoms with Crippen LogP contribution in [0.2, 0.25) is 5.02 Å². The third kappa shape index (κ3) is 4.03. The van der Waals surface area contributed by atoms with Gasteiger partial charge in [0.15, 0.2) is 9.84 Å². The summed E-state index contributed by atoms with van der Waals surface area (Å²) in [5.74, 6) is -0.905. The first-order chi connectivity index (χ1) is 9.77. The number of carbonyl (C=O) groups excluding carboxylic acids is 1. The molecule has 0 aliphatic rings. The van der Waals surface area contributed by atoms with Gasteiger partial charge in [-0.3, -0.25) is 4.79 Å². The van der Waals surface area contributed by atoms with Crippen LogP contribution in [0.25, 0.3) is 0 Å². The normalized spacial score (nSPS) is 11.4. The molecule has 0 saturated carbocycles. The zero-order valence-corrected chi connectivity index (χ0v) is 13.3. The van der Waals surface area contributed by atoms with Crippen LogP contribution in [0.4, 0.5) is 9.39 Å². The van der Waals surface area contributed by atoms with E-state index in [1.165, 1.54) is 18.2 Å². The average molecular weight is 348 g/mol. The fourth-order valence-corrected chi connectivity index (χ4v) is 4.01. The van der Waals surface area contributed by atoms with E-state index in [2.05, 4.69) is 5.32 Å². The van der Waals surface area contributed by atoms with E-state index >= 15 is 0 Å². The van der Waals surface area contributed by atoms with Crippen LogP contribution in [-0.2, 0) is 21.1 Å². The van der Waals surface area contributed by atoms with Crippen LogP contribution < -0.4 is 5.32 Å². The molecule has 1 aromatic heterocycles. The number of rotatable bonds is 4. The summed E-state index contributed by atoms with van der Waals surface area (Å²) in [5, 5.41) is 4.53. The van der Waals surface area contributed by atoms with Crippen molar-refractivity contribution in [1.29, 1.82) is 0 Å². The molecule has 0 unspecified atom stereocenters. The summed E-state index contributed by atoms with van der Waals surface area (Å²) in [6, 6.07) is 5.18. The minimum atomic E-state index is -3.40. The highest BCUT2D eigenvalue weighted by Crippen LogP contribution is 2.28. The first-order valence-electron chi connectivity index (χ1n) is 5.78. The van der Waals surface area contributed by atoms with E-state index in [0.29, 0.717) is 5.56 Å². The Morgan fingerprint density at radius 2 is 2.10 bits per heavy atom. The molecule has 1 N–H and O–H groups in total. The van der Waals surface area contributed by atoms with Gasteiger partial charge in [-0.15, -0.1) is 11.3 Å². The van der Waals surface area contributed by atoms with Crippen molar-refractivity contribution in [1.82, 2.24) is 0 Å². The van der Waals surface area contributed by atoms with Crippen molar-refractivity contribution < 1.29 is 17.6 Å². The highest BCUT2D eigenvalue weighted by atomic mass is 35.5. The van der Waals surface area contributed by atoms with Gasteiger partial charge < -0.3 is 5.32 Å². The van der Waals surface area contributed by atoms with Crippen LogP contribution in [0.3, 0.4) is 0 Å². The summed E-state index contributed by atoms with van der Waals surface area (Å²) in [4.78, 5) is 12.0. The average Bonchev–Trinajstić information content (AvgIpc) is 2.80. The van der Waals surface area contributed by atoms with Crippen molar-refractivity contribution in [3.8, 4) is 0 Å². The smallest absolute Gasteiger partial charge is 0.229 e. The number of benzene rings is 1. The number of hydrogen-bond donors (Lipinski definition) is 1. The largest absolute Gasteiger partial charge is 0.316 e. The molecule has 0 saturated heterocycles. The Bertz CT molecular complexity index is 786. The van der Waals surface area contributed by atoms with E-state index < -0.39 is 21.6 Å². The number of anilines is 1. The first kappa shape index (κ1) is 15.9. The molecule has 1 heterocycles.